The van der Waals surface area contributed by atoms with Gasteiger partial charge in [0.15, 0.2) is 0 Å². The number of halogens is 1. The van der Waals surface area contributed by atoms with Crippen molar-refractivity contribution >= 4 is 11.6 Å². The molecule has 94 valence electrons. The highest BCUT2D eigenvalue weighted by Gasteiger charge is 2.38. The van der Waals surface area contributed by atoms with Crippen LogP contribution < -0.4 is 4.90 Å². The quantitative estimate of drug-likeness (QED) is 0.805. The fraction of sp³-hybridized carbons (Fsp3) is 0.429. The number of fused-ring (bicyclic) bond motifs is 1. The zero-order valence-corrected chi connectivity index (χ0v) is 10.5. The first kappa shape index (κ1) is 12.6. The predicted octanol–water partition coefficient (Wildman–Crippen LogP) is 2.65. The zero-order chi connectivity index (χ0) is 13.3. The van der Waals surface area contributed by atoms with E-state index < -0.39 is 5.41 Å². The summed E-state index contributed by atoms with van der Waals surface area (Å²) in [6.07, 6.45) is 1.16. The fourth-order valence-electron chi connectivity index (χ4n) is 2.14. The number of anilines is 1. The van der Waals surface area contributed by atoms with Crippen LogP contribution in [0.4, 0.5) is 10.1 Å². The molecular formula is C14H15FN2O. The van der Waals surface area contributed by atoms with E-state index in [1.807, 2.05) is 6.92 Å². The molecule has 4 heteroatoms. The second-order valence-corrected chi connectivity index (χ2v) is 4.78. The first-order valence-corrected chi connectivity index (χ1v) is 6.03. The Kier molecular flexibility index (Phi) is 3.08. The summed E-state index contributed by atoms with van der Waals surface area (Å²) in [4.78, 5) is 13.9. The summed E-state index contributed by atoms with van der Waals surface area (Å²) < 4.78 is 13.3. The summed E-state index contributed by atoms with van der Waals surface area (Å²) >= 11 is 0. The van der Waals surface area contributed by atoms with Crippen LogP contribution in [0.3, 0.4) is 0 Å². The maximum absolute atomic E-state index is 13.3. The SMILES string of the molecule is CCC(C)(C#N)C(=O)N1CCc2ccc(F)cc21. The lowest BCUT2D eigenvalue weighted by Gasteiger charge is -2.26. The van der Waals surface area contributed by atoms with Crippen LogP contribution in [0, 0.1) is 22.6 Å². The Bertz CT molecular complexity index is 535. The van der Waals surface area contributed by atoms with Crippen molar-refractivity contribution in [3.63, 3.8) is 0 Å². The zero-order valence-electron chi connectivity index (χ0n) is 10.5. The predicted molar refractivity (Wildman–Crippen MR) is 66.5 cm³/mol. The minimum Gasteiger partial charge on any atom is -0.310 e. The van der Waals surface area contributed by atoms with Gasteiger partial charge in [-0.05, 0) is 37.5 Å². The molecule has 0 spiro atoms. The highest BCUT2D eigenvalue weighted by Crippen LogP contribution is 2.33. The van der Waals surface area contributed by atoms with Crippen LogP contribution in [-0.2, 0) is 11.2 Å². The van der Waals surface area contributed by atoms with Gasteiger partial charge in [0.25, 0.3) is 0 Å². The van der Waals surface area contributed by atoms with Crippen LogP contribution in [0.15, 0.2) is 18.2 Å². The molecule has 1 unspecified atom stereocenters. The van der Waals surface area contributed by atoms with Crippen molar-refractivity contribution in [1.82, 2.24) is 0 Å². The van der Waals surface area contributed by atoms with Gasteiger partial charge in [-0.2, -0.15) is 5.26 Å². The molecule has 1 amide bonds. The molecule has 0 bridgehead atoms. The Morgan fingerprint density at radius 3 is 2.94 bits per heavy atom. The van der Waals surface area contributed by atoms with E-state index in [2.05, 4.69) is 6.07 Å². The van der Waals surface area contributed by atoms with Gasteiger partial charge in [0, 0.05) is 12.2 Å². The van der Waals surface area contributed by atoms with Gasteiger partial charge in [-0.15, -0.1) is 0 Å². The monoisotopic (exact) mass is 246 g/mol. The number of hydrogen-bond donors (Lipinski definition) is 0. The summed E-state index contributed by atoms with van der Waals surface area (Å²) in [6.45, 7) is 3.96. The number of carbonyl (C=O) groups excluding carboxylic acids is 1. The summed E-state index contributed by atoms with van der Waals surface area (Å²) in [5, 5.41) is 9.15. The molecule has 0 radical (unpaired) electrons. The van der Waals surface area contributed by atoms with Crippen molar-refractivity contribution in [3.05, 3.63) is 29.6 Å². The first-order valence-electron chi connectivity index (χ1n) is 6.03. The van der Waals surface area contributed by atoms with Crippen LogP contribution in [0.2, 0.25) is 0 Å². The van der Waals surface area contributed by atoms with E-state index in [0.717, 1.165) is 5.56 Å². The highest BCUT2D eigenvalue weighted by atomic mass is 19.1. The molecule has 0 N–H and O–H groups in total. The van der Waals surface area contributed by atoms with E-state index in [1.165, 1.54) is 17.0 Å². The second-order valence-electron chi connectivity index (χ2n) is 4.78. The summed E-state index contributed by atoms with van der Waals surface area (Å²) in [5.74, 6) is -0.597. The Balaban J connectivity index is 2.37. The molecule has 0 saturated heterocycles. The van der Waals surface area contributed by atoms with E-state index in [-0.39, 0.29) is 11.7 Å². The molecule has 1 aromatic rings. The summed E-state index contributed by atoms with van der Waals surface area (Å²) in [7, 11) is 0. The molecular weight excluding hydrogens is 231 g/mol. The summed E-state index contributed by atoms with van der Waals surface area (Å²) in [6, 6.07) is 6.53. The molecule has 0 saturated carbocycles. The molecule has 0 fully saturated rings. The van der Waals surface area contributed by atoms with Crippen LogP contribution in [-0.4, -0.2) is 12.5 Å². The van der Waals surface area contributed by atoms with Gasteiger partial charge in [0.2, 0.25) is 5.91 Å². The molecule has 1 aliphatic rings. The average molecular weight is 246 g/mol. The molecule has 1 aliphatic heterocycles. The second kappa shape index (κ2) is 4.41. The lowest BCUT2D eigenvalue weighted by molar-refractivity contribution is -0.124. The van der Waals surface area contributed by atoms with Crippen LogP contribution in [0.1, 0.15) is 25.8 Å². The molecule has 18 heavy (non-hydrogen) atoms. The van der Waals surface area contributed by atoms with Crippen molar-refractivity contribution in [2.75, 3.05) is 11.4 Å². The largest absolute Gasteiger partial charge is 0.310 e. The van der Waals surface area contributed by atoms with Crippen LogP contribution in [0.25, 0.3) is 0 Å². The standard InChI is InChI=1S/C14H15FN2O/c1-3-14(2,9-16)13(18)17-7-6-10-4-5-11(15)8-12(10)17/h4-5,8H,3,6-7H2,1-2H3. The molecule has 2 rings (SSSR count). The van der Waals surface area contributed by atoms with Crippen molar-refractivity contribution in [3.8, 4) is 6.07 Å². The Hall–Kier alpha value is -1.89. The van der Waals surface area contributed by atoms with Gasteiger partial charge in [-0.1, -0.05) is 13.0 Å². The van der Waals surface area contributed by atoms with Gasteiger partial charge < -0.3 is 4.90 Å². The molecule has 0 aliphatic carbocycles. The molecule has 3 nitrogen and oxygen atoms in total. The van der Waals surface area contributed by atoms with Crippen molar-refractivity contribution in [1.29, 1.82) is 5.26 Å². The van der Waals surface area contributed by atoms with Crippen LogP contribution in [0.5, 0.6) is 0 Å². The van der Waals surface area contributed by atoms with E-state index in [1.54, 1.807) is 13.0 Å². The number of nitrogens with zero attached hydrogens (tertiary/aromatic N) is 2. The maximum Gasteiger partial charge on any atom is 0.247 e. The lowest BCUT2D eigenvalue weighted by Crippen LogP contribution is -2.40. The molecule has 1 atom stereocenters. The third kappa shape index (κ3) is 1.86. The highest BCUT2D eigenvalue weighted by molar-refractivity contribution is 6.00. The van der Waals surface area contributed by atoms with E-state index in [0.29, 0.717) is 25.1 Å². The summed E-state index contributed by atoms with van der Waals surface area (Å²) in [5.41, 5.74) is 0.532. The van der Waals surface area contributed by atoms with E-state index >= 15 is 0 Å². The number of carbonyl (C=O) groups is 1. The number of amides is 1. The Labute approximate surface area is 106 Å². The molecule has 1 heterocycles. The van der Waals surface area contributed by atoms with E-state index in [9.17, 15) is 9.18 Å². The molecule has 1 aromatic carbocycles. The number of hydrogen-bond acceptors (Lipinski definition) is 2. The third-order valence-corrected chi connectivity index (χ3v) is 3.61. The fourth-order valence-corrected chi connectivity index (χ4v) is 2.14. The minimum atomic E-state index is -1.03. The number of nitriles is 1. The van der Waals surface area contributed by atoms with Crippen molar-refractivity contribution < 1.29 is 9.18 Å². The van der Waals surface area contributed by atoms with Crippen LogP contribution >= 0.6 is 0 Å². The van der Waals surface area contributed by atoms with Gasteiger partial charge >= 0.3 is 0 Å². The van der Waals surface area contributed by atoms with Gasteiger partial charge in [0.05, 0.1) is 6.07 Å². The van der Waals surface area contributed by atoms with Gasteiger partial charge in [0.1, 0.15) is 11.2 Å². The average Bonchev–Trinajstić information content (AvgIpc) is 2.79. The normalized spacial score (nSPS) is 16.9. The van der Waals surface area contributed by atoms with Gasteiger partial charge in [-0.3, -0.25) is 4.79 Å². The van der Waals surface area contributed by atoms with Gasteiger partial charge in [-0.25, -0.2) is 4.39 Å². The first-order chi connectivity index (χ1) is 8.51. The van der Waals surface area contributed by atoms with E-state index in [4.69, 9.17) is 5.26 Å². The third-order valence-electron chi connectivity index (χ3n) is 3.61. The number of rotatable bonds is 2. The minimum absolute atomic E-state index is 0.239. The number of benzene rings is 1. The molecule has 0 aromatic heterocycles. The maximum atomic E-state index is 13.3. The van der Waals surface area contributed by atoms with Crippen molar-refractivity contribution in [2.24, 2.45) is 5.41 Å². The topological polar surface area (TPSA) is 44.1 Å². The smallest absolute Gasteiger partial charge is 0.247 e. The Morgan fingerprint density at radius 1 is 1.61 bits per heavy atom. The lowest BCUT2D eigenvalue weighted by atomic mass is 9.88. The van der Waals surface area contributed by atoms with Crippen molar-refractivity contribution in [2.45, 2.75) is 26.7 Å². The Morgan fingerprint density at radius 2 is 2.33 bits per heavy atom.